The molecule has 2 aromatic rings. The summed E-state index contributed by atoms with van der Waals surface area (Å²) >= 11 is 3.60. The summed E-state index contributed by atoms with van der Waals surface area (Å²) in [5.41, 5.74) is 2.92. The number of hydrogen-bond donors (Lipinski definition) is 1. The fourth-order valence-corrected chi connectivity index (χ4v) is 3.36. The molecule has 0 atom stereocenters. The molecule has 1 saturated carbocycles. The minimum Gasteiger partial charge on any atom is -0.380 e. The first-order valence-electron chi connectivity index (χ1n) is 6.90. The number of nitrogens with one attached hydrogen (secondary N) is 1. The van der Waals surface area contributed by atoms with E-state index in [-0.39, 0.29) is 5.82 Å². The zero-order valence-electron chi connectivity index (χ0n) is 11.4. The number of hydrogen-bond acceptors (Lipinski definition) is 1. The summed E-state index contributed by atoms with van der Waals surface area (Å²) in [6.45, 7) is 1.90. The van der Waals surface area contributed by atoms with Gasteiger partial charge in [-0.3, -0.25) is 0 Å². The molecule has 0 saturated heterocycles. The largest absolute Gasteiger partial charge is 0.380 e. The minimum atomic E-state index is -0.158. The maximum Gasteiger partial charge on any atom is 0.146 e. The Morgan fingerprint density at radius 1 is 1.15 bits per heavy atom. The molecule has 0 unspecified atom stereocenters. The molecule has 1 aliphatic carbocycles. The molecule has 0 radical (unpaired) electrons. The lowest BCUT2D eigenvalue weighted by molar-refractivity contribution is 0.372. The smallest absolute Gasteiger partial charge is 0.146 e. The summed E-state index contributed by atoms with van der Waals surface area (Å²) in [5.74, 6) is 0.408. The zero-order valence-corrected chi connectivity index (χ0v) is 13.0. The summed E-state index contributed by atoms with van der Waals surface area (Å²) < 4.78 is 15.0. The number of anilines is 1. The van der Waals surface area contributed by atoms with Crippen LogP contribution in [0, 0.1) is 12.7 Å². The quantitative estimate of drug-likeness (QED) is 0.808. The third-order valence-corrected chi connectivity index (χ3v) is 4.69. The standard InChI is InChI=1S/C17H17BrFN/c1-11-6-7-17(16(19)8-11)20-13-9-12(10-13)14-4-2-3-5-15(14)18/h2-8,12-13,20H,9-10H2,1H3. The summed E-state index contributed by atoms with van der Waals surface area (Å²) in [4.78, 5) is 0. The van der Waals surface area contributed by atoms with Gasteiger partial charge in [-0.25, -0.2) is 4.39 Å². The van der Waals surface area contributed by atoms with E-state index >= 15 is 0 Å². The van der Waals surface area contributed by atoms with Crippen molar-refractivity contribution in [1.82, 2.24) is 0 Å². The Bertz CT molecular complexity index is 620. The third-order valence-electron chi connectivity index (χ3n) is 3.97. The van der Waals surface area contributed by atoms with Crippen LogP contribution < -0.4 is 5.32 Å². The molecule has 1 N–H and O–H groups in total. The summed E-state index contributed by atoms with van der Waals surface area (Å²) in [6.07, 6.45) is 2.10. The maximum absolute atomic E-state index is 13.8. The van der Waals surface area contributed by atoms with E-state index in [2.05, 4.69) is 39.4 Å². The van der Waals surface area contributed by atoms with Crippen molar-refractivity contribution in [2.75, 3.05) is 5.32 Å². The van der Waals surface area contributed by atoms with Crippen LogP contribution in [0.5, 0.6) is 0 Å². The SMILES string of the molecule is Cc1ccc(NC2CC(c3ccccc3Br)C2)c(F)c1. The van der Waals surface area contributed by atoms with Gasteiger partial charge < -0.3 is 5.32 Å². The van der Waals surface area contributed by atoms with Gasteiger partial charge in [-0.1, -0.05) is 40.2 Å². The normalized spacial score (nSPS) is 21.4. The van der Waals surface area contributed by atoms with Crippen LogP contribution in [0.25, 0.3) is 0 Å². The molecular weight excluding hydrogens is 317 g/mol. The van der Waals surface area contributed by atoms with Crippen LogP contribution in [0.3, 0.4) is 0 Å². The summed E-state index contributed by atoms with van der Waals surface area (Å²) in [7, 11) is 0. The second kappa shape index (κ2) is 5.57. The van der Waals surface area contributed by atoms with Gasteiger partial charge in [0.1, 0.15) is 5.82 Å². The molecule has 0 bridgehead atoms. The van der Waals surface area contributed by atoms with Crippen molar-refractivity contribution < 1.29 is 4.39 Å². The van der Waals surface area contributed by atoms with Crippen molar-refractivity contribution in [2.45, 2.75) is 31.7 Å². The van der Waals surface area contributed by atoms with E-state index in [1.165, 1.54) is 10.0 Å². The zero-order chi connectivity index (χ0) is 14.1. The van der Waals surface area contributed by atoms with Gasteiger partial charge in [-0.05, 0) is 55.0 Å². The monoisotopic (exact) mass is 333 g/mol. The van der Waals surface area contributed by atoms with E-state index in [1.54, 1.807) is 6.07 Å². The molecule has 20 heavy (non-hydrogen) atoms. The van der Waals surface area contributed by atoms with E-state index in [4.69, 9.17) is 0 Å². The van der Waals surface area contributed by atoms with Gasteiger partial charge in [0.15, 0.2) is 0 Å². The average molecular weight is 334 g/mol. The van der Waals surface area contributed by atoms with Crippen molar-refractivity contribution >= 4 is 21.6 Å². The molecule has 1 fully saturated rings. The van der Waals surface area contributed by atoms with Crippen molar-refractivity contribution in [3.63, 3.8) is 0 Å². The highest BCUT2D eigenvalue weighted by atomic mass is 79.9. The second-order valence-electron chi connectivity index (χ2n) is 5.51. The predicted octanol–water partition coefficient (Wildman–Crippen LogP) is 5.25. The van der Waals surface area contributed by atoms with E-state index < -0.39 is 0 Å². The van der Waals surface area contributed by atoms with Crippen LogP contribution >= 0.6 is 15.9 Å². The molecule has 0 spiro atoms. The fourth-order valence-electron chi connectivity index (χ4n) is 2.75. The third kappa shape index (κ3) is 2.73. The van der Waals surface area contributed by atoms with E-state index in [0.29, 0.717) is 17.6 Å². The first kappa shape index (κ1) is 13.6. The Labute approximate surface area is 127 Å². The van der Waals surface area contributed by atoms with E-state index in [9.17, 15) is 4.39 Å². The Balaban J connectivity index is 1.62. The van der Waals surface area contributed by atoms with Gasteiger partial charge in [0, 0.05) is 10.5 Å². The molecule has 0 heterocycles. The molecule has 3 rings (SSSR count). The summed E-state index contributed by atoms with van der Waals surface area (Å²) in [5, 5.41) is 3.30. The van der Waals surface area contributed by atoms with Crippen LogP contribution in [-0.2, 0) is 0 Å². The number of benzene rings is 2. The topological polar surface area (TPSA) is 12.0 Å². The molecule has 104 valence electrons. The molecule has 1 aliphatic rings. The maximum atomic E-state index is 13.8. The van der Waals surface area contributed by atoms with Gasteiger partial charge in [-0.2, -0.15) is 0 Å². The first-order valence-corrected chi connectivity index (χ1v) is 7.70. The van der Waals surface area contributed by atoms with Gasteiger partial charge in [-0.15, -0.1) is 0 Å². The van der Waals surface area contributed by atoms with Crippen molar-refractivity contribution in [3.8, 4) is 0 Å². The van der Waals surface area contributed by atoms with Crippen molar-refractivity contribution in [3.05, 3.63) is 63.9 Å². The van der Waals surface area contributed by atoms with Crippen LogP contribution in [0.1, 0.15) is 29.9 Å². The number of aryl methyl sites for hydroxylation is 1. The second-order valence-corrected chi connectivity index (χ2v) is 6.37. The van der Waals surface area contributed by atoms with Crippen LogP contribution in [-0.4, -0.2) is 6.04 Å². The minimum absolute atomic E-state index is 0.158. The van der Waals surface area contributed by atoms with Crippen LogP contribution in [0.2, 0.25) is 0 Å². The molecule has 3 heteroatoms. The molecule has 0 aliphatic heterocycles. The predicted molar refractivity (Wildman–Crippen MR) is 84.7 cm³/mol. The summed E-state index contributed by atoms with van der Waals surface area (Å²) in [6, 6.07) is 14.1. The molecule has 0 amide bonds. The average Bonchev–Trinajstić information content (AvgIpc) is 2.37. The van der Waals surface area contributed by atoms with Crippen molar-refractivity contribution in [1.29, 1.82) is 0 Å². The fraction of sp³-hybridized carbons (Fsp3) is 0.294. The molecule has 0 aromatic heterocycles. The Morgan fingerprint density at radius 2 is 1.90 bits per heavy atom. The Morgan fingerprint density at radius 3 is 2.60 bits per heavy atom. The highest BCUT2D eigenvalue weighted by molar-refractivity contribution is 9.10. The van der Waals surface area contributed by atoms with Crippen molar-refractivity contribution in [2.24, 2.45) is 0 Å². The van der Waals surface area contributed by atoms with E-state index in [1.807, 2.05) is 25.1 Å². The van der Waals surface area contributed by atoms with Gasteiger partial charge in [0.05, 0.1) is 5.69 Å². The number of halogens is 2. The lowest BCUT2D eigenvalue weighted by Crippen LogP contribution is -2.34. The molecule has 1 nitrogen and oxygen atoms in total. The first-order chi connectivity index (χ1) is 9.63. The van der Waals surface area contributed by atoms with E-state index in [0.717, 1.165) is 18.4 Å². The Kier molecular flexibility index (Phi) is 3.79. The highest BCUT2D eigenvalue weighted by Gasteiger charge is 2.31. The van der Waals surface area contributed by atoms with Gasteiger partial charge >= 0.3 is 0 Å². The lowest BCUT2D eigenvalue weighted by Gasteiger charge is -2.37. The number of rotatable bonds is 3. The Hall–Kier alpha value is -1.35. The highest BCUT2D eigenvalue weighted by Crippen LogP contribution is 2.41. The van der Waals surface area contributed by atoms with Gasteiger partial charge in [0.2, 0.25) is 0 Å². The van der Waals surface area contributed by atoms with Gasteiger partial charge in [0.25, 0.3) is 0 Å². The molecular formula is C17H17BrFN. The van der Waals surface area contributed by atoms with Crippen LogP contribution in [0.4, 0.5) is 10.1 Å². The molecule has 2 aromatic carbocycles. The lowest BCUT2D eigenvalue weighted by atomic mass is 9.76. The van der Waals surface area contributed by atoms with Crippen LogP contribution in [0.15, 0.2) is 46.9 Å².